The molecule has 0 radical (unpaired) electrons. The average Bonchev–Trinajstić information content (AvgIpc) is 3.76. The molecule has 5 heterocycles. The minimum atomic E-state index is -0.605. The predicted molar refractivity (Wildman–Crippen MR) is 164 cm³/mol. The molecule has 1 N–H and O–H groups in total. The number of carbonyl (C=O) groups is 1. The van der Waals surface area contributed by atoms with Crippen molar-refractivity contribution in [2.75, 3.05) is 44.7 Å². The lowest BCUT2D eigenvalue weighted by Crippen LogP contribution is -2.43. The van der Waals surface area contributed by atoms with Gasteiger partial charge in [-0.1, -0.05) is 30.8 Å². The highest BCUT2D eigenvalue weighted by atomic mass is 19.1. The summed E-state index contributed by atoms with van der Waals surface area (Å²) in [6, 6.07) is 10.8. The Morgan fingerprint density at radius 2 is 1.98 bits per heavy atom. The van der Waals surface area contributed by atoms with Crippen LogP contribution >= 0.6 is 0 Å². The SMILES string of the molecule is C=CC(=O)N1CC[C@@H](N(C)c2nc(OCC34CCCN3CCC4)nc3c(F)c(-c4cc(O)cc5ccccc45)ncc23)C1. The summed E-state index contributed by atoms with van der Waals surface area (Å²) in [5.74, 6) is -0.186. The standard InChI is InChI=1S/C33H35FN6O3/c1-3-27(42)39-15-10-22(19-39)38(2)31-26-18-35-29(25-17-23(41)16-21-8-4-5-9-24(21)25)28(34)30(26)36-32(37-31)43-20-33-11-6-13-40(33)14-7-12-33/h3-5,8-9,16-18,22,41H,1,6-7,10-15,19-20H2,2H3/t22-/m1/s1. The van der Waals surface area contributed by atoms with Gasteiger partial charge in [0.25, 0.3) is 0 Å². The molecule has 0 aliphatic carbocycles. The molecule has 3 aliphatic rings. The zero-order valence-corrected chi connectivity index (χ0v) is 24.3. The maximum atomic E-state index is 16.6. The van der Waals surface area contributed by atoms with Gasteiger partial charge in [-0.15, -0.1) is 0 Å². The summed E-state index contributed by atoms with van der Waals surface area (Å²) in [7, 11) is 1.90. The van der Waals surface area contributed by atoms with Gasteiger partial charge < -0.3 is 19.6 Å². The molecule has 3 fully saturated rings. The first-order valence-corrected chi connectivity index (χ1v) is 15.0. The van der Waals surface area contributed by atoms with E-state index in [1.165, 1.54) is 12.1 Å². The first-order chi connectivity index (χ1) is 20.9. The van der Waals surface area contributed by atoms with Gasteiger partial charge in [-0.3, -0.25) is 14.7 Å². The van der Waals surface area contributed by atoms with Crippen LogP contribution in [0.2, 0.25) is 0 Å². The number of halogens is 1. The first-order valence-electron chi connectivity index (χ1n) is 15.0. The summed E-state index contributed by atoms with van der Waals surface area (Å²) >= 11 is 0. The Morgan fingerprint density at radius 1 is 1.19 bits per heavy atom. The summed E-state index contributed by atoms with van der Waals surface area (Å²) < 4.78 is 22.9. The fourth-order valence-electron chi connectivity index (χ4n) is 7.25. The van der Waals surface area contributed by atoms with Crippen molar-refractivity contribution in [2.24, 2.45) is 0 Å². The number of pyridine rings is 1. The van der Waals surface area contributed by atoms with Crippen molar-refractivity contribution in [1.82, 2.24) is 24.8 Å². The quantitative estimate of drug-likeness (QED) is 0.307. The minimum Gasteiger partial charge on any atom is -0.508 e. The lowest BCUT2D eigenvalue weighted by molar-refractivity contribution is -0.125. The van der Waals surface area contributed by atoms with Crippen LogP contribution in [-0.4, -0.2) is 87.2 Å². The van der Waals surface area contributed by atoms with E-state index < -0.39 is 5.82 Å². The Kier molecular flexibility index (Phi) is 6.88. The van der Waals surface area contributed by atoms with Crippen LogP contribution in [0.3, 0.4) is 0 Å². The monoisotopic (exact) mass is 582 g/mol. The van der Waals surface area contributed by atoms with Gasteiger partial charge >= 0.3 is 6.01 Å². The smallest absolute Gasteiger partial charge is 0.319 e. The van der Waals surface area contributed by atoms with Crippen molar-refractivity contribution in [3.8, 4) is 23.0 Å². The minimum absolute atomic E-state index is 0.0240. The Bertz CT molecular complexity index is 1740. The topological polar surface area (TPSA) is 94.9 Å². The molecule has 1 atom stereocenters. The molecule has 4 aromatic rings. The molecule has 2 aromatic heterocycles. The molecule has 7 rings (SSSR count). The molecule has 0 bridgehead atoms. The third-order valence-corrected chi connectivity index (χ3v) is 9.56. The van der Waals surface area contributed by atoms with E-state index in [2.05, 4.69) is 21.4 Å². The van der Waals surface area contributed by atoms with E-state index >= 15 is 4.39 Å². The van der Waals surface area contributed by atoms with Crippen molar-refractivity contribution < 1.29 is 19.0 Å². The van der Waals surface area contributed by atoms with Crippen LogP contribution in [0, 0.1) is 5.82 Å². The second-order valence-corrected chi connectivity index (χ2v) is 12.0. The van der Waals surface area contributed by atoms with E-state index in [4.69, 9.17) is 9.72 Å². The molecule has 10 heteroatoms. The fraction of sp³-hybridized carbons (Fsp3) is 0.394. The largest absolute Gasteiger partial charge is 0.508 e. The van der Waals surface area contributed by atoms with Gasteiger partial charge in [-0.25, -0.2) is 4.39 Å². The molecule has 222 valence electrons. The fourth-order valence-corrected chi connectivity index (χ4v) is 7.25. The third-order valence-electron chi connectivity index (χ3n) is 9.56. The normalized spacial score (nSPS) is 19.7. The van der Waals surface area contributed by atoms with E-state index in [-0.39, 0.29) is 40.5 Å². The van der Waals surface area contributed by atoms with Gasteiger partial charge in [0.1, 0.15) is 29.4 Å². The number of nitrogens with zero attached hydrogens (tertiary/aromatic N) is 6. The number of hydrogen-bond donors (Lipinski definition) is 1. The van der Waals surface area contributed by atoms with Crippen molar-refractivity contribution in [2.45, 2.75) is 43.7 Å². The highest BCUT2D eigenvalue weighted by Gasteiger charge is 2.45. The van der Waals surface area contributed by atoms with Crippen molar-refractivity contribution in [3.63, 3.8) is 0 Å². The zero-order valence-electron chi connectivity index (χ0n) is 24.3. The molecule has 3 aliphatic heterocycles. The number of carbonyl (C=O) groups excluding carboxylic acids is 1. The number of phenols is 1. The summed E-state index contributed by atoms with van der Waals surface area (Å²) in [6.07, 6.45) is 8.07. The molecule has 43 heavy (non-hydrogen) atoms. The Morgan fingerprint density at radius 3 is 2.77 bits per heavy atom. The zero-order chi connectivity index (χ0) is 29.7. The number of benzene rings is 2. The number of ether oxygens (including phenoxy) is 1. The number of likely N-dealkylation sites (N-methyl/N-ethyl adjacent to an activating group) is 1. The van der Waals surface area contributed by atoms with Crippen molar-refractivity contribution in [3.05, 3.63) is 61.1 Å². The lowest BCUT2D eigenvalue weighted by atomic mass is 9.95. The molecule has 0 unspecified atom stereocenters. The molecular formula is C33H35FN6O3. The van der Waals surface area contributed by atoms with Crippen LogP contribution < -0.4 is 9.64 Å². The molecular weight excluding hydrogens is 547 g/mol. The molecule has 9 nitrogen and oxygen atoms in total. The van der Waals surface area contributed by atoms with Gasteiger partial charge in [-0.05, 0) is 74.2 Å². The molecule has 3 saturated heterocycles. The van der Waals surface area contributed by atoms with E-state index in [0.717, 1.165) is 56.0 Å². The van der Waals surface area contributed by atoms with Crippen LogP contribution in [0.5, 0.6) is 11.8 Å². The number of anilines is 1. The third kappa shape index (κ3) is 4.74. The number of phenolic OH excluding ortho intramolecular Hbond substituents is 1. The van der Waals surface area contributed by atoms with Gasteiger partial charge in [-0.2, -0.15) is 9.97 Å². The molecule has 0 saturated carbocycles. The maximum Gasteiger partial charge on any atom is 0.319 e. The summed E-state index contributed by atoms with van der Waals surface area (Å²) in [5.41, 5.74) is 0.655. The maximum absolute atomic E-state index is 16.6. The molecule has 0 spiro atoms. The Hall–Kier alpha value is -4.31. The number of likely N-dealkylation sites (tertiary alicyclic amines) is 1. The first kappa shape index (κ1) is 27.5. The van der Waals surface area contributed by atoms with Gasteiger partial charge in [0, 0.05) is 37.9 Å². The van der Waals surface area contributed by atoms with E-state index in [1.807, 2.05) is 36.2 Å². The van der Waals surface area contributed by atoms with Crippen molar-refractivity contribution in [1.29, 1.82) is 0 Å². The number of hydrogen-bond acceptors (Lipinski definition) is 8. The second-order valence-electron chi connectivity index (χ2n) is 12.0. The molecule has 1 amide bonds. The van der Waals surface area contributed by atoms with Crippen LogP contribution in [0.1, 0.15) is 32.1 Å². The summed E-state index contributed by atoms with van der Waals surface area (Å²) in [6.45, 7) is 7.31. The number of fused-ring (bicyclic) bond motifs is 3. The summed E-state index contributed by atoms with van der Waals surface area (Å²) in [4.78, 5) is 32.5. The Balaban J connectivity index is 1.32. The lowest BCUT2D eigenvalue weighted by Gasteiger charge is -2.31. The highest BCUT2D eigenvalue weighted by molar-refractivity contribution is 6.00. The highest BCUT2D eigenvalue weighted by Crippen LogP contribution is 2.40. The van der Waals surface area contributed by atoms with Gasteiger partial charge in [0.2, 0.25) is 5.91 Å². The summed E-state index contributed by atoms with van der Waals surface area (Å²) in [5, 5.41) is 12.5. The van der Waals surface area contributed by atoms with Crippen LogP contribution in [-0.2, 0) is 4.79 Å². The number of aromatic nitrogens is 3. The van der Waals surface area contributed by atoms with Crippen molar-refractivity contribution >= 4 is 33.4 Å². The van der Waals surface area contributed by atoms with Crippen LogP contribution in [0.25, 0.3) is 32.9 Å². The second kappa shape index (κ2) is 10.8. The number of amides is 1. The van der Waals surface area contributed by atoms with Crippen LogP contribution in [0.4, 0.5) is 10.2 Å². The molecule has 2 aromatic carbocycles. The van der Waals surface area contributed by atoms with E-state index in [9.17, 15) is 9.90 Å². The van der Waals surface area contributed by atoms with E-state index in [1.54, 1.807) is 17.2 Å². The van der Waals surface area contributed by atoms with E-state index in [0.29, 0.717) is 36.5 Å². The van der Waals surface area contributed by atoms with Crippen LogP contribution in [0.15, 0.2) is 55.3 Å². The number of rotatable bonds is 7. The average molecular weight is 583 g/mol. The Labute approximate surface area is 249 Å². The predicted octanol–water partition coefficient (Wildman–Crippen LogP) is 4.92. The van der Waals surface area contributed by atoms with Gasteiger partial charge in [0.05, 0.1) is 10.9 Å². The van der Waals surface area contributed by atoms with Gasteiger partial charge in [0.15, 0.2) is 5.82 Å². The number of aromatic hydroxyl groups is 1.